The molecule has 14 aromatic rings. The minimum Gasteiger partial charge on any atom is -0.309 e. The summed E-state index contributed by atoms with van der Waals surface area (Å²) in [5.41, 5.74) is 8.53. The molecule has 0 aliphatic rings. The summed E-state index contributed by atoms with van der Waals surface area (Å²) in [7, 11) is -3.12. The average Bonchev–Trinajstić information content (AvgIpc) is 4.08. The molecule has 0 radical (unpaired) electrons. The fraction of sp³-hybridized carbons (Fsp3) is 0. The van der Waals surface area contributed by atoms with Crippen LogP contribution < -0.4 is 20.7 Å². The molecule has 0 amide bonds. The molecule has 0 fully saturated rings. The van der Waals surface area contributed by atoms with Crippen LogP contribution in [0, 0.1) is 0 Å². The summed E-state index contributed by atoms with van der Waals surface area (Å²) >= 11 is 0. The quantitative estimate of drug-likeness (QED) is 0.113. The maximum Gasteiger partial charge on any atom is 0.240 e. The number of para-hydroxylation sites is 6. The highest BCUT2D eigenvalue weighted by atomic mass is 28.3. The third-order valence-electron chi connectivity index (χ3n) is 14.3. The molecule has 0 bridgehead atoms. The first-order valence-corrected chi connectivity index (χ1v) is 25.8. The molecule has 4 aromatic heterocycles. The fourth-order valence-corrected chi connectivity index (χ4v) is 16.1. The largest absolute Gasteiger partial charge is 0.309 e. The summed E-state index contributed by atoms with van der Waals surface area (Å²) in [6, 6.07) is 92.2. The Morgan fingerprint density at radius 3 is 1.00 bits per heavy atom. The number of benzene rings is 10. The number of fused-ring (bicyclic) bond motifs is 9. The van der Waals surface area contributed by atoms with E-state index in [-0.39, 0.29) is 0 Å². The van der Waals surface area contributed by atoms with Gasteiger partial charge in [0.2, 0.25) is 11.9 Å². The molecule has 14 rings (SSSR count). The zero-order chi connectivity index (χ0) is 46.2. The lowest BCUT2D eigenvalue weighted by molar-refractivity contribution is 0.893. The van der Waals surface area contributed by atoms with E-state index in [2.05, 4.69) is 268 Å². The van der Waals surface area contributed by atoms with Crippen molar-refractivity contribution in [1.29, 1.82) is 0 Å². The molecule has 6 nitrogen and oxygen atoms in total. The van der Waals surface area contributed by atoms with Crippen LogP contribution in [0.5, 0.6) is 0 Å². The van der Waals surface area contributed by atoms with E-state index in [1.807, 2.05) is 0 Å². The van der Waals surface area contributed by atoms with E-state index in [4.69, 9.17) is 15.0 Å². The first-order valence-electron chi connectivity index (χ1n) is 23.8. The molecule has 70 heavy (non-hydrogen) atoms. The minimum atomic E-state index is -3.12. The van der Waals surface area contributed by atoms with E-state index in [1.54, 1.807) is 0 Å². The molecule has 7 heteroatoms. The monoisotopic (exact) mass is 910 g/mol. The standard InChI is InChI=1S/C63H42N6Si/c1-3-23-45(24-4-1)70(46-25-5-2-6-26-46,48-28-20-22-44(42-48)67-55-35-13-7-29-49(55)50-30-8-14-36-56(50)67)47-27-19-21-43(41-47)61-64-62(68-57-37-15-9-31-51(57)52-32-10-16-38-58(52)68)66-63(65-61)69-59-39-17-11-33-53(59)54-34-12-18-40-60(54)69/h1-42H. The maximum absolute atomic E-state index is 5.50. The van der Waals surface area contributed by atoms with Gasteiger partial charge in [-0.1, -0.05) is 206 Å². The van der Waals surface area contributed by atoms with Crippen LogP contribution in [0.1, 0.15) is 0 Å². The fourth-order valence-electron chi connectivity index (χ4n) is 11.3. The van der Waals surface area contributed by atoms with Crippen LogP contribution in [0.15, 0.2) is 255 Å². The molecule has 10 aromatic carbocycles. The summed E-state index contributed by atoms with van der Waals surface area (Å²) in [4.78, 5) is 16.5. The SMILES string of the molecule is c1ccc([Si](c2ccccc2)(c2cccc(-c3nc(-n4c5ccccc5c5ccccc54)nc(-n4c5ccccc5c5ccccc54)n3)c2)c2cccc(-n3c4ccccc4c4ccccc43)c2)cc1. The first kappa shape index (κ1) is 39.9. The van der Waals surface area contributed by atoms with Crippen LogP contribution in [0.2, 0.25) is 0 Å². The lowest BCUT2D eigenvalue weighted by Crippen LogP contribution is -2.74. The Bertz CT molecular complexity index is 3990. The van der Waals surface area contributed by atoms with E-state index < -0.39 is 8.07 Å². The van der Waals surface area contributed by atoms with Gasteiger partial charge in [0.1, 0.15) is 0 Å². The first-order chi connectivity index (χ1) is 34.7. The Morgan fingerprint density at radius 1 is 0.257 bits per heavy atom. The van der Waals surface area contributed by atoms with Crippen molar-refractivity contribution in [3.05, 3.63) is 255 Å². The number of hydrogen-bond acceptors (Lipinski definition) is 3. The molecule has 0 aliphatic heterocycles. The Morgan fingerprint density at radius 2 is 0.586 bits per heavy atom. The van der Waals surface area contributed by atoms with Crippen molar-refractivity contribution in [3.8, 4) is 29.0 Å². The second kappa shape index (κ2) is 16.0. The van der Waals surface area contributed by atoms with Gasteiger partial charge in [-0.3, -0.25) is 9.13 Å². The molecule has 328 valence electrons. The van der Waals surface area contributed by atoms with Crippen LogP contribution in [0.3, 0.4) is 0 Å². The second-order valence-electron chi connectivity index (χ2n) is 18.0. The molecule has 0 spiro atoms. The van der Waals surface area contributed by atoms with E-state index in [0.717, 1.165) is 54.9 Å². The van der Waals surface area contributed by atoms with Crippen molar-refractivity contribution < 1.29 is 0 Å². The summed E-state index contributed by atoms with van der Waals surface area (Å²) in [5, 5.41) is 12.1. The molecule has 0 aliphatic carbocycles. The molecule has 0 unspecified atom stereocenters. The highest BCUT2D eigenvalue weighted by Gasteiger charge is 2.42. The topological polar surface area (TPSA) is 53.5 Å². The van der Waals surface area contributed by atoms with Gasteiger partial charge in [-0.15, -0.1) is 0 Å². The van der Waals surface area contributed by atoms with Gasteiger partial charge in [0, 0.05) is 43.6 Å². The summed E-state index contributed by atoms with van der Waals surface area (Å²) in [5.74, 6) is 1.70. The zero-order valence-corrected chi connectivity index (χ0v) is 38.9. The summed E-state index contributed by atoms with van der Waals surface area (Å²) in [6.07, 6.45) is 0. The minimum absolute atomic E-state index is 0.554. The van der Waals surface area contributed by atoms with Crippen molar-refractivity contribution in [2.45, 2.75) is 0 Å². The van der Waals surface area contributed by atoms with E-state index in [0.29, 0.717) is 17.7 Å². The van der Waals surface area contributed by atoms with Gasteiger partial charge in [0.15, 0.2) is 13.9 Å². The third kappa shape index (κ3) is 6.02. The third-order valence-corrected chi connectivity index (χ3v) is 19.0. The van der Waals surface area contributed by atoms with E-state index in [9.17, 15) is 0 Å². The lowest BCUT2D eigenvalue weighted by atomic mass is 10.2. The lowest BCUT2D eigenvalue weighted by Gasteiger charge is -2.35. The van der Waals surface area contributed by atoms with Gasteiger partial charge in [0.25, 0.3) is 0 Å². The van der Waals surface area contributed by atoms with Gasteiger partial charge >= 0.3 is 0 Å². The number of aromatic nitrogens is 6. The Labute approximate surface area is 404 Å². The van der Waals surface area contributed by atoms with Crippen LogP contribution in [0.25, 0.3) is 94.4 Å². The normalized spacial score (nSPS) is 12.0. The summed E-state index contributed by atoms with van der Waals surface area (Å²) in [6.45, 7) is 0. The molecule has 0 saturated heterocycles. The van der Waals surface area contributed by atoms with Gasteiger partial charge in [-0.05, 0) is 69.3 Å². The van der Waals surface area contributed by atoms with E-state index >= 15 is 0 Å². The van der Waals surface area contributed by atoms with Gasteiger partial charge in [-0.25, -0.2) is 0 Å². The van der Waals surface area contributed by atoms with Gasteiger partial charge in [-0.2, -0.15) is 15.0 Å². The van der Waals surface area contributed by atoms with Gasteiger partial charge < -0.3 is 4.57 Å². The predicted octanol–water partition coefficient (Wildman–Crippen LogP) is 12.2. The van der Waals surface area contributed by atoms with Crippen LogP contribution in [-0.2, 0) is 0 Å². The number of nitrogens with zero attached hydrogens (tertiary/aromatic N) is 6. The molecular formula is C63H42N6Si. The highest BCUT2D eigenvalue weighted by molar-refractivity contribution is 7.20. The maximum atomic E-state index is 5.50. The highest BCUT2D eigenvalue weighted by Crippen LogP contribution is 2.35. The average molecular weight is 911 g/mol. The van der Waals surface area contributed by atoms with Crippen molar-refractivity contribution in [2.24, 2.45) is 0 Å². The van der Waals surface area contributed by atoms with Crippen LogP contribution in [0.4, 0.5) is 0 Å². The molecule has 0 saturated carbocycles. The smallest absolute Gasteiger partial charge is 0.240 e. The Balaban J connectivity index is 1.05. The van der Waals surface area contributed by atoms with Crippen LogP contribution in [-0.4, -0.2) is 36.7 Å². The molecule has 0 N–H and O–H groups in total. The van der Waals surface area contributed by atoms with Crippen molar-refractivity contribution in [3.63, 3.8) is 0 Å². The molecule has 0 atom stereocenters. The van der Waals surface area contributed by atoms with Crippen molar-refractivity contribution in [1.82, 2.24) is 28.7 Å². The molecule has 4 heterocycles. The zero-order valence-electron chi connectivity index (χ0n) is 37.9. The Kier molecular flexibility index (Phi) is 9.12. The molecular weight excluding hydrogens is 869 g/mol. The van der Waals surface area contributed by atoms with Crippen molar-refractivity contribution >= 4 is 94.2 Å². The summed E-state index contributed by atoms with van der Waals surface area (Å²) < 4.78 is 6.82. The second-order valence-corrected chi connectivity index (χ2v) is 21.8. The van der Waals surface area contributed by atoms with E-state index in [1.165, 1.54) is 42.6 Å². The number of rotatable bonds is 8. The van der Waals surface area contributed by atoms with Crippen LogP contribution >= 0.6 is 0 Å². The predicted molar refractivity (Wildman–Crippen MR) is 292 cm³/mol. The number of hydrogen-bond donors (Lipinski definition) is 0. The van der Waals surface area contributed by atoms with Crippen molar-refractivity contribution in [2.75, 3.05) is 0 Å². The Hall–Kier alpha value is -9.17. The van der Waals surface area contributed by atoms with Gasteiger partial charge in [0.05, 0.1) is 33.1 Å².